The molecule has 0 saturated heterocycles. The second-order valence-corrected chi connectivity index (χ2v) is 7.71. The fourth-order valence-corrected chi connectivity index (χ4v) is 2.61. The molecule has 2 rings (SSSR count). The second kappa shape index (κ2) is 23.0. The molecule has 8 N–H and O–H groups in total. The lowest BCUT2D eigenvalue weighted by molar-refractivity contribution is -0.135. The lowest BCUT2D eigenvalue weighted by atomic mass is 10.0. The molecular weight excluding hydrogens is 504 g/mol. The van der Waals surface area contributed by atoms with Crippen molar-refractivity contribution in [3.8, 4) is 23.0 Å². The van der Waals surface area contributed by atoms with E-state index in [1.807, 2.05) is 0 Å². The summed E-state index contributed by atoms with van der Waals surface area (Å²) in [5.74, 6) is -2.95. The van der Waals surface area contributed by atoms with Gasteiger partial charge in [0.25, 0.3) is 23.9 Å². The van der Waals surface area contributed by atoms with Crippen LogP contribution in [0, 0.1) is 0 Å². The molecule has 2 aromatic rings. The largest absolute Gasteiger partial charge is 0.508 e. The molecule has 38 heavy (non-hydrogen) atoms. The number of carboxylic acid groups (broad SMARTS) is 4. The van der Waals surface area contributed by atoms with Gasteiger partial charge in [0.1, 0.15) is 23.0 Å². The second-order valence-electron chi connectivity index (χ2n) is 7.71. The van der Waals surface area contributed by atoms with Crippen LogP contribution in [0.1, 0.15) is 64.5 Å². The molecule has 12 nitrogen and oxygen atoms in total. The van der Waals surface area contributed by atoms with Gasteiger partial charge in [0, 0.05) is 39.8 Å². The van der Waals surface area contributed by atoms with Crippen LogP contribution in [-0.4, -0.2) is 64.7 Å². The number of benzene rings is 2. The van der Waals surface area contributed by atoms with Gasteiger partial charge in [-0.2, -0.15) is 0 Å². The standard InChI is InChI=1S/C18H22O4.4C2H4O2/c19-15-7-13(8-16(20)11-15)5-3-1-2-4-6-14-9-17(21)12-18(22)10-14;4*1-2(3)4/h7-12,19-22H,1-6H2;4*1H3,(H,3,4). The highest BCUT2D eigenvalue weighted by atomic mass is 16.4. The van der Waals surface area contributed by atoms with Gasteiger partial charge in [-0.05, 0) is 61.1 Å². The average Bonchev–Trinajstić information content (AvgIpc) is 2.67. The number of phenolic OH excluding ortho intramolecular Hbond substituents is 4. The van der Waals surface area contributed by atoms with Crippen molar-refractivity contribution in [1.29, 1.82) is 0 Å². The van der Waals surface area contributed by atoms with Gasteiger partial charge in [0.15, 0.2) is 0 Å². The summed E-state index contributed by atoms with van der Waals surface area (Å²) in [6.45, 7) is 4.33. The van der Waals surface area contributed by atoms with Crippen molar-refractivity contribution in [2.45, 2.75) is 66.2 Å². The first-order chi connectivity index (χ1) is 17.5. The molecule has 12 heteroatoms. The maximum atomic E-state index is 9.40. The number of carboxylic acids is 4. The maximum Gasteiger partial charge on any atom is 0.300 e. The number of aryl methyl sites for hydroxylation is 2. The summed E-state index contributed by atoms with van der Waals surface area (Å²) in [7, 11) is 0. The van der Waals surface area contributed by atoms with E-state index in [0.717, 1.165) is 77.3 Å². The quantitative estimate of drug-likeness (QED) is 0.230. The first-order valence-corrected chi connectivity index (χ1v) is 11.3. The fraction of sp³-hybridized carbons (Fsp3) is 0.385. The number of aliphatic carboxylic acids is 4. The summed E-state index contributed by atoms with van der Waals surface area (Å²) >= 11 is 0. The van der Waals surface area contributed by atoms with Crippen molar-refractivity contribution in [3.05, 3.63) is 47.5 Å². The molecule has 0 aliphatic heterocycles. The number of rotatable bonds is 7. The van der Waals surface area contributed by atoms with E-state index in [-0.39, 0.29) is 23.0 Å². The summed E-state index contributed by atoms with van der Waals surface area (Å²) < 4.78 is 0. The minimum Gasteiger partial charge on any atom is -0.508 e. The Morgan fingerprint density at radius 2 is 0.632 bits per heavy atom. The van der Waals surface area contributed by atoms with Crippen molar-refractivity contribution in [1.82, 2.24) is 0 Å². The van der Waals surface area contributed by atoms with Gasteiger partial charge in [0.05, 0.1) is 0 Å². The van der Waals surface area contributed by atoms with E-state index in [1.54, 1.807) is 24.3 Å². The smallest absolute Gasteiger partial charge is 0.300 e. The van der Waals surface area contributed by atoms with Crippen LogP contribution >= 0.6 is 0 Å². The highest BCUT2D eigenvalue weighted by Crippen LogP contribution is 2.23. The van der Waals surface area contributed by atoms with Gasteiger partial charge in [-0.25, -0.2) is 0 Å². The predicted molar refractivity (Wildman–Crippen MR) is 139 cm³/mol. The minimum absolute atomic E-state index is 0.0960. The Labute approximate surface area is 221 Å². The van der Waals surface area contributed by atoms with Crippen molar-refractivity contribution in [2.75, 3.05) is 0 Å². The van der Waals surface area contributed by atoms with E-state index in [1.165, 1.54) is 12.1 Å². The first-order valence-electron chi connectivity index (χ1n) is 11.3. The highest BCUT2D eigenvalue weighted by Gasteiger charge is 2.01. The summed E-state index contributed by atoms with van der Waals surface area (Å²) in [5, 5.41) is 67.3. The molecule has 0 unspecified atom stereocenters. The lowest BCUT2D eigenvalue weighted by Gasteiger charge is -2.05. The van der Waals surface area contributed by atoms with Gasteiger partial charge >= 0.3 is 0 Å². The molecule has 0 radical (unpaired) electrons. The third-order valence-electron chi connectivity index (χ3n) is 3.61. The number of hydrogen-bond acceptors (Lipinski definition) is 8. The number of phenols is 4. The topological polar surface area (TPSA) is 230 Å². The Morgan fingerprint density at radius 3 is 0.816 bits per heavy atom. The zero-order valence-corrected chi connectivity index (χ0v) is 21.9. The van der Waals surface area contributed by atoms with Gasteiger partial charge in [-0.15, -0.1) is 0 Å². The molecule has 0 bridgehead atoms. The number of hydrogen-bond donors (Lipinski definition) is 8. The molecule has 214 valence electrons. The third kappa shape index (κ3) is 36.1. The van der Waals surface area contributed by atoms with Crippen LogP contribution in [0.5, 0.6) is 23.0 Å². The molecule has 0 atom stereocenters. The molecule has 0 fully saturated rings. The van der Waals surface area contributed by atoms with E-state index < -0.39 is 23.9 Å². The summed E-state index contributed by atoms with van der Waals surface area (Å²) in [6.07, 6.45) is 5.76. The Morgan fingerprint density at radius 1 is 0.447 bits per heavy atom. The zero-order chi connectivity index (χ0) is 30.3. The average molecular weight is 543 g/mol. The molecule has 0 aliphatic rings. The lowest BCUT2D eigenvalue weighted by Crippen LogP contribution is -1.89. The van der Waals surface area contributed by atoms with Crippen LogP contribution in [0.4, 0.5) is 0 Å². The Hall–Kier alpha value is -4.48. The SMILES string of the molecule is CC(=O)O.CC(=O)O.CC(=O)O.CC(=O)O.Oc1cc(O)cc(CCCCCCc2cc(O)cc(O)c2)c1. The monoisotopic (exact) mass is 542 g/mol. The van der Waals surface area contributed by atoms with Gasteiger partial charge in [0.2, 0.25) is 0 Å². The van der Waals surface area contributed by atoms with Gasteiger partial charge in [-0.1, -0.05) is 12.8 Å². The van der Waals surface area contributed by atoms with Crippen LogP contribution in [-0.2, 0) is 32.0 Å². The predicted octanol–water partition coefficient (Wildman–Crippen LogP) is 4.22. The fourth-order valence-electron chi connectivity index (χ4n) is 2.61. The van der Waals surface area contributed by atoms with E-state index in [0.29, 0.717) is 0 Å². The van der Waals surface area contributed by atoms with E-state index in [9.17, 15) is 20.4 Å². The molecule has 0 amide bonds. The molecule has 0 heterocycles. The van der Waals surface area contributed by atoms with Crippen molar-refractivity contribution >= 4 is 23.9 Å². The summed E-state index contributed by atoms with van der Waals surface area (Å²) in [6, 6.07) is 9.36. The van der Waals surface area contributed by atoms with E-state index >= 15 is 0 Å². The number of carbonyl (C=O) groups is 4. The Balaban J connectivity index is -0.000000627. The van der Waals surface area contributed by atoms with Crippen molar-refractivity contribution in [2.24, 2.45) is 0 Å². The molecule has 0 aromatic heterocycles. The Bertz CT molecular complexity index is 826. The third-order valence-corrected chi connectivity index (χ3v) is 3.61. The molecule has 0 spiro atoms. The Kier molecular flexibility index (Phi) is 23.0. The zero-order valence-electron chi connectivity index (χ0n) is 21.9. The van der Waals surface area contributed by atoms with Crippen LogP contribution in [0.15, 0.2) is 36.4 Å². The maximum absolute atomic E-state index is 9.40. The van der Waals surface area contributed by atoms with Crippen LogP contribution in [0.3, 0.4) is 0 Å². The van der Waals surface area contributed by atoms with E-state index in [2.05, 4.69) is 0 Å². The molecule has 0 saturated carbocycles. The number of unbranched alkanes of at least 4 members (excludes halogenated alkanes) is 3. The minimum atomic E-state index is -0.833. The van der Waals surface area contributed by atoms with E-state index in [4.69, 9.17) is 39.6 Å². The van der Waals surface area contributed by atoms with Crippen molar-refractivity contribution < 1.29 is 60.0 Å². The highest BCUT2D eigenvalue weighted by molar-refractivity contribution is 5.63. The van der Waals surface area contributed by atoms with Crippen LogP contribution in [0.2, 0.25) is 0 Å². The normalized spacial score (nSPS) is 8.84. The molecule has 2 aromatic carbocycles. The van der Waals surface area contributed by atoms with Crippen LogP contribution in [0.25, 0.3) is 0 Å². The van der Waals surface area contributed by atoms with Crippen LogP contribution < -0.4 is 0 Å². The molecule has 0 aliphatic carbocycles. The first kappa shape index (κ1) is 38.1. The summed E-state index contributed by atoms with van der Waals surface area (Å²) in [5.41, 5.74) is 1.88. The number of aromatic hydroxyl groups is 4. The molecular formula is C26H38O12. The van der Waals surface area contributed by atoms with Crippen molar-refractivity contribution in [3.63, 3.8) is 0 Å². The summed E-state index contributed by atoms with van der Waals surface area (Å²) in [4.78, 5) is 36.0. The van der Waals surface area contributed by atoms with Gasteiger partial charge < -0.3 is 40.9 Å². The van der Waals surface area contributed by atoms with Gasteiger partial charge in [-0.3, -0.25) is 19.2 Å².